The minimum atomic E-state index is -3.88. The number of nitrogens with one attached hydrogen (secondary N) is 1. The van der Waals surface area contributed by atoms with Crippen molar-refractivity contribution in [3.63, 3.8) is 0 Å². The molecule has 0 atom stereocenters. The molecule has 4 rings (SSSR count). The van der Waals surface area contributed by atoms with E-state index >= 15 is 0 Å². The Hall–Kier alpha value is -2.51. The quantitative estimate of drug-likeness (QED) is 0.535. The summed E-state index contributed by atoms with van der Waals surface area (Å²) in [5, 5.41) is 2.69. The van der Waals surface area contributed by atoms with Crippen LogP contribution in [0.15, 0.2) is 52.3 Å². The largest absolute Gasteiger partial charge is 0.495 e. The summed E-state index contributed by atoms with van der Waals surface area (Å²) in [5.74, 6) is -0.402. The van der Waals surface area contributed by atoms with Crippen LogP contribution in [0.2, 0.25) is 0 Å². The van der Waals surface area contributed by atoms with E-state index in [1.54, 1.807) is 7.05 Å². The molecule has 2 fully saturated rings. The molecule has 1 aliphatic carbocycles. The maximum Gasteiger partial charge on any atom is 0.255 e. The number of benzene rings is 2. The number of carbonyl (C=O) groups excluding carboxylic acids is 1. The average molecular weight is 552 g/mol. The van der Waals surface area contributed by atoms with Gasteiger partial charge in [-0.15, -0.1) is 0 Å². The summed E-state index contributed by atoms with van der Waals surface area (Å²) >= 11 is 0. The van der Waals surface area contributed by atoms with E-state index < -0.39 is 26.0 Å². The van der Waals surface area contributed by atoms with Crippen LogP contribution in [-0.2, 0) is 24.8 Å². The number of rotatable bonds is 8. The minimum absolute atomic E-state index is 0.0403. The maximum absolute atomic E-state index is 13.2. The Labute approximate surface area is 218 Å². The Kier molecular flexibility index (Phi) is 8.54. The van der Waals surface area contributed by atoms with Crippen LogP contribution in [0.1, 0.15) is 42.5 Å². The molecule has 2 aromatic rings. The van der Waals surface area contributed by atoms with Crippen LogP contribution < -0.4 is 10.1 Å². The Morgan fingerprint density at radius 1 is 1.03 bits per heavy atom. The van der Waals surface area contributed by atoms with Gasteiger partial charge in [0.05, 0.1) is 25.2 Å². The van der Waals surface area contributed by atoms with Gasteiger partial charge in [-0.05, 0) is 49.2 Å². The van der Waals surface area contributed by atoms with Crippen LogP contribution in [0.3, 0.4) is 0 Å². The zero-order valence-corrected chi connectivity index (χ0v) is 22.7. The molecule has 2 aromatic carbocycles. The Balaban J connectivity index is 1.56. The van der Waals surface area contributed by atoms with Crippen LogP contribution in [0.4, 0.5) is 5.69 Å². The van der Waals surface area contributed by atoms with Gasteiger partial charge in [-0.1, -0.05) is 25.3 Å². The van der Waals surface area contributed by atoms with Crippen LogP contribution in [0, 0.1) is 0 Å². The first-order valence-corrected chi connectivity index (χ1v) is 15.2. The molecule has 0 spiro atoms. The molecule has 12 heteroatoms. The molecule has 1 amide bonds. The second-order valence-electron chi connectivity index (χ2n) is 9.18. The van der Waals surface area contributed by atoms with Crippen molar-refractivity contribution in [2.45, 2.75) is 47.9 Å². The number of morpholine rings is 1. The third-order valence-electron chi connectivity index (χ3n) is 6.87. The van der Waals surface area contributed by atoms with Gasteiger partial charge < -0.3 is 14.8 Å². The van der Waals surface area contributed by atoms with Gasteiger partial charge in [0.25, 0.3) is 5.91 Å². The van der Waals surface area contributed by atoms with E-state index in [1.807, 2.05) is 0 Å². The number of ether oxygens (including phenoxy) is 2. The van der Waals surface area contributed by atoms with Crippen molar-refractivity contribution in [2.24, 2.45) is 0 Å². The summed E-state index contributed by atoms with van der Waals surface area (Å²) in [6.07, 6.45) is 4.75. The summed E-state index contributed by atoms with van der Waals surface area (Å²) in [4.78, 5) is 13.0. The SMILES string of the molecule is COc1ccc(NC(=O)c2cccc(S(=O)(=O)N(C)C3CCCCC3)c2)cc1S(=O)(=O)N1CCOCC1. The smallest absolute Gasteiger partial charge is 0.255 e. The minimum Gasteiger partial charge on any atom is -0.495 e. The second-order valence-corrected chi connectivity index (χ2v) is 13.1. The molecule has 0 unspecified atom stereocenters. The molecule has 1 heterocycles. The molecule has 1 saturated heterocycles. The number of hydrogen-bond donors (Lipinski definition) is 1. The summed E-state index contributed by atoms with van der Waals surface area (Å²) in [6.45, 7) is 1.04. The van der Waals surface area contributed by atoms with Gasteiger partial charge in [0.1, 0.15) is 10.6 Å². The van der Waals surface area contributed by atoms with Crippen LogP contribution in [0.25, 0.3) is 0 Å². The van der Waals surface area contributed by atoms with Crippen LogP contribution in [-0.4, -0.2) is 77.9 Å². The van der Waals surface area contributed by atoms with Gasteiger partial charge in [-0.3, -0.25) is 4.79 Å². The molecule has 202 valence electrons. The van der Waals surface area contributed by atoms with Crippen LogP contribution >= 0.6 is 0 Å². The van der Waals surface area contributed by atoms with Crippen LogP contribution in [0.5, 0.6) is 5.75 Å². The zero-order chi connectivity index (χ0) is 26.6. The van der Waals surface area contributed by atoms with Gasteiger partial charge in [-0.25, -0.2) is 16.8 Å². The fraction of sp³-hybridized carbons (Fsp3) is 0.480. The highest BCUT2D eigenvalue weighted by atomic mass is 32.2. The summed E-state index contributed by atoms with van der Waals surface area (Å²) < 4.78 is 66.2. The van der Waals surface area contributed by atoms with E-state index in [0.29, 0.717) is 13.2 Å². The number of nitrogens with zero attached hydrogens (tertiary/aromatic N) is 2. The maximum atomic E-state index is 13.2. The van der Waals surface area contributed by atoms with Crippen molar-refractivity contribution in [1.29, 1.82) is 0 Å². The van der Waals surface area contributed by atoms with Gasteiger partial charge in [0, 0.05) is 37.4 Å². The van der Waals surface area contributed by atoms with Crippen molar-refractivity contribution in [3.8, 4) is 5.75 Å². The Bertz CT molecular complexity index is 1330. The fourth-order valence-electron chi connectivity index (χ4n) is 4.69. The number of anilines is 1. The molecular weight excluding hydrogens is 518 g/mol. The molecule has 1 aliphatic heterocycles. The standard InChI is InChI=1S/C25H33N3O7S2/c1-27(21-8-4-3-5-9-21)36(30,31)22-10-6-7-19(17-22)25(29)26-20-11-12-23(34-2)24(18-20)37(32,33)28-13-15-35-16-14-28/h6-7,10-12,17-18,21H,3-5,8-9,13-16H2,1-2H3,(H,26,29). The lowest BCUT2D eigenvalue weighted by atomic mass is 9.96. The summed E-state index contributed by atoms with van der Waals surface area (Å²) in [7, 11) is -4.69. The first-order valence-electron chi connectivity index (χ1n) is 12.3. The van der Waals surface area contributed by atoms with Crippen molar-refractivity contribution in [1.82, 2.24) is 8.61 Å². The molecule has 0 radical (unpaired) electrons. The number of methoxy groups -OCH3 is 1. The van der Waals surface area contributed by atoms with E-state index in [2.05, 4.69) is 5.32 Å². The van der Waals surface area contributed by atoms with Gasteiger partial charge in [0.15, 0.2) is 0 Å². The first-order chi connectivity index (χ1) is 17.6. The number of amides is 1. The number of sulfonamides is 2. The zero-order valence-electron chi connectivity index (χ0n) is 21.1. The molecule has 1 saturated carbocycles. The van der Waals surface area contributed by atoms with Crippen molar-refractivity contribution in [3.05, 3.63) is 48.0 Å². The van der Waals surface area contributed by atoms with E-state index in [1.165, 1.54) is 58.2 Å². The highest BCUT2D eigenvalue weighted by Gasteiger charge is 2.31. The van der Waals surface area contributed by atoms with Gasteiger partial charge >= 0.3 is 0 Å². The van der Waals surface area contributed by atoms with E-state index in [0.717, 1.165) is 32.1 Å². The molecule has 1 N–H and O–H groups in total. The number of hydrogen-bond acceptors (Lipinski definition) is 7. The van der Waals surface area contributed by atoms with E-state index in [4.69, 9.17) is 9.47 Å². The lowest BCUT2D eigenvalue weighted by Crippen LogP contribution is -2.40. The Morgan fingerprint density at radius 2 is 1.73 bits per heavy atom. The average Bonchev–Trinajstić information content (AvgIpc) is 2.93. The molecule has 2 aliphatic rings. The van der Waals surface area contributed by atoms with E-state index in [9.17, 15) is 21.6 Å². The van der Waals surface area contributed by atoms with Gasteiger partial charge in [-0.2, -0.15) is 8.61 Å². The van der Waals surface area contributed by atoms with Gasteiger partial charge in [0.2, 0.25) is 20.0 Å². The molecule has 37 heavy (non-hydrogen) atoms. The van der Waals surface area contributed by atoms with Crippen molar-refractivity contribution < 1.29 is 31.1 Å². The number of carbonyl (C=O) groups is 1. The topological polar surface area (TPSA) is 122 Å². The van der Waals surface area contributed by atoms with Crippen molar-refractivity contribution in [2.75, 3.05) is 45.8 Å². The molecule has 0 bridgehead atoms. The highest BCUT2D eigenvalue weighted by molar-refractivity contribution is 7.89. The first kappa shape index (κ1) is 27.5. The highest BCUT2D eigenvalue weighted by Crippen LogP contribution is 2.31. The molecule has 0 aromatic heterocycles. The monoisotopic (exact) mass is 551 g/mol. The van der Waals surface area contributed by atoms with E-state index in [-0.39, 0.29) is 45.9 Å². The lowest BCUT2D eigenvalue weighted by Gasteiger charge is -2.30. The predicted octanol–water partition coefficient (Wildman–Crippen LogP) is 2.92. The summed E-state index contributed by atoms with van der Waals surface area (Å²) in [6, 6.07) is 10.2. The van der Waals surface area contributed by atoms with Crippen molar-refractivity contribution >= 4 is 31.6 Å². The molecule has 10 nitrogen and oxygen atoms in total. The second kappa shape index (κ2) is 11.5. The Morgan fingerprint density at radius 3 is 2.41 bits per heavy atom. The summed E-state index contributed by atoms with van der Waals surface area (Å²) in [5.41, 5.74) is 0.386. The lowest BCUT2D eigenvalue weighted by molar-refractivity contribution is 0.0729. The predicted molar refractivity (Wildman–Crippen MR) is 139 cm³/mol. The third-order valence-corrected chi connectivity index (χ3v) is 10.7. The molecular formula is C25H33N3O7S2. The fourth-order valence-corrected chi connectivity index (χ4v) is 7.74. The normalized spacial score (nSPS) is 18.0. The third kappa shape index (κ3) is 5.99.